The van der Waals surface area contributed by atoms with Crippen LogP contribution >= 0.6 is 0 Å². The van der Waals surface area contributed by atoms with Gasteiger partial charge in [-0.15, -0.1) is 0 Å². The number of imidazole rings is 1. The molecule has 1 saturated carbocycles. The summed E-state index contributed by atoms with van der Waals surface area (Å²) in [5.41, 5.74) is 3.08. The molecule has 2 atom stereocenters. The minimum Gasteiger partial charge on any atom is -0.497 e. The molecule has 1 aliphatic carbocycles. The Hall–Kier alpha value is -3.13. The second-order valence-electron chi connectivity index (χ2n) is 11.5. The maximum Gasteiger partial charge on any atom is 0.272 e. The standard InChI is InChI=1S/C31H42N6O2.CH4/c1-39-25-14-12-24(13-15-25)32-31-34-26-16-17-27(30(38)36-21-7-10-23-9-3-4-11-28(23)36)33-29(26)37(31)22-8-20-35-18-5-2-6-19-35;/h12-17,23,28H,2-11,18-22H2,1H3,(H,32,34);1H4. The summed E-state index contributed by atoms with van der Waals surface area (Å²) in [6.45, 7) is 5.09. The summed E-state index contributed by atoms with van der Waals surface area (Å²) < 4.78 is 7.49. The number of piperidine rings is 2. The van der Waals surface area contributed by atoms with Crippen molar-refractivity contribution in [2.75, 3.05) is 38.6 Å². The smallest absolute Gasteiger partial charge is 0.272 e. The van der Waals surface area contributed by atoms with E-state index in [2.05, 4.69) is 19.7 Å². The Morgan fingerprint density at radius 2 is 1.68 bits per heavy atom. The van der Waals surface area contributed by atoms with E-state index < -0.39 is 0 Å². The number of methoxy groups -OCH3 is 1. The van der Waals surface area contributed by atoms with Gasteiger partial charge in [0, 0.05) is 24.8 Å². The SMILES string of the molecule is C.COc1ccc(Nc2nc3ccc(C(=O)N4CCCC5CCCCC54)nc3n2CCCN2CCCCC2)cc1. The highest BCUT2D eigenvalue weighted by molar-refractivity contribution is 5.94. The number of hydrogen-bond donors (Lipinski definition) is 1. The lowest BCUT2D eigenvalue weighted by Crippen LogP contribution is -2.49. The van der Waals surface area contributed by atoms with E-state index in [1.54, 1.807) is 7.11 Å². The van der Waals surface area contributed by atoms with E-state index in [-0.39, 0.29) is 13.3 Å². The van der Waals surface area contributed by atoms with Crippen LogP contribution in [0.25, 0.3) is 11.2 Å². The molecule has 0 bridgehead atoms. The first-order valence-corrected chi connectivity index (χ1v) is 15.0. The van der Waals surface area contributed by atoms with Gasteiger partial charge in [-0.3, -0.25) is 9.36 Å². The Balaban J connectivity index is 0.00000323. The number of aromatic nitrogens is 3. The zero-order valence-electron chi connectivity index (χ0n) is 23.3. The number of rotatable bonds is 8. The largest absolute Gasteiger partial charge is 0.497 e. The van der Waals surface area contributed by atoms with Crippen molar-refractivity contribution in [1.82, 2.24) is 24.3 Å². The highest BCUT2D eigenvalue weighted by atomic mass is 16.5. The average Bonchev–Trinajstić information content (AvgIpc) is 3.33. The van der Waals surface area contributed by atoms with Crippen molar-refractivity contribution in [2.45, 2.75) is 84.2 Å². The van der Waals surface area contributed by atoms with Crippen LogP contribution in [0.3, 0.4) is 0 Å². The maximum absolute atomic E-state index is 13.8. The fraction of sp³-hybridized carbons (Fsp3) is 0.594. The van der Waals surface area contributed by atoms with E-state index in [0.29, 0.717) is 17.7 Å². The summed E-state index contributed by atoms with van der Waals surface area (Å²) in [6, 6.07) is 12.1. The van der Waals surface area contributed by atoms with Crippen LogP contribution in [0.15, 0.2) is 36.4 Å². The lowest BCUT2D eigenvalue weighted by atomic mass is 9.78. The predicted octanol–water partition coefficient (Wildman–Crippen LogP) is 6.49. The van der Waals surface area contributed by atoms with E-state index in [0.717, 1.165) is 67.4 Å². The van der Waals surface area contributed by atoms with E-state index >= 15 is 0 Å². The first-order chi connectivity index (χ1) is 19.2. The summed E-state index contributed by atoms with van der Waals surface area (Å²) in [5, 5.41) is 3.50. The number of nitrogens with one attached hydrogen (secondary N) is 1. The number of ether oxygens (including phenoxy) is 1. The number of anilines is 2. The van der Waals surface area contributed by atoms with Crippen molar-refractivity contribution >= 4 is 28.7 Å². The number of aryl methyl sites for hydroxylation is 1. The molecular formula is C32H46N6O2. The van der Waals surface area contributed by atoms with E-state index in [4.69, 9.17) is 14.7 Å². The Morgan fingerprint density at radius 1 is 0.900 bits per heavy atom. The van der Waals surface area contributed by atoms with Crippen LogP contribution in [0.2, 0.25) is 0 Å². The van der Waals surface area contributed by atoms with E-state index in [1.807, 2.05) is 36.4 Å². The van der Waals surface area contributed by atoms with Gasteiger partial charge in [-0.1, -0.05) is 26.7 Å². The topological polar surface area (TPSA) is 75.5 Å². The molecule has 3 fully saturated rings. The molecule has 3 aliphatic rings. The van der Waals surface area contributed by atoms with E-state index in [1.165, 1.54) is 58.0 Å². The van der Waals surface area contributed by atoms with Gasteiger partial charge in [0.05, 0.1) is 7.11 Å². The normalized spacial score (nSPS) is 21.5. The molecule has 2 aliphatic heterocycles. The van der Waals surface area contributed by atoms with Gasteiger partial charge in [0.15, 0.2) is 5.65 Å². The number of likely N-dealkylation sites (tertiary alicyclic amines) is 2. The van der Waals surface area contributed by atoms with Gasteiger partial charge in [0.2, 0.25) is 5.95 Å². The molecule has 40 heavy (non-hydrogen) atoms. The molecule has 1 N–H and O–H groups in total. The van der Waals surface area contributed by atoms with Gasteiger partial charge >= 0.3 is 0 Å². The van der Waals surface area contributed by atoms with Gasteiger partial charge in [-0.2, -0.15) is 0 Å². The summed E-state index contributed by atoms with van der Waals surface area (Å²) in [5.74, 6) is 2.31. The van der Waals surface area contributed by atoms with Crippen LogP contribution in [-0.4, -0.2) is 69.6 Å². The highest BCUT2D eigenvalue weighted by Crippen LogP contribution is 2.36. The summed E-state index contributed by atoms with van der Waals surface area (Å²) in [6.07, 6.45) is 12.2. The zero-order chi connectivity index (χ0) is 26.6. The van der Waals surface area contributed by atoms with Gasteiger partial charge < -0.3 is 19.9 Å². The number of carbonyl (C=O) groups excluding carboxylic acids is 1. The molecule has 8 nitrogen and oxygen atoms in total. The fourth-order valence-electron chi connectivity index (χ4n) is 6.89. The van der Waals surface area contributed by atoms with Gasteiger partial charge in [0.1, 0.15) is 17.0 Å². The van der Waals surface area contributed by atoms with Crippen molar-refractivity contribution in [3.63, 3.8) is 0 Å². The number of amides is 1. The molecule has 2 saturated heterocycles. The van der Waals surface area contributed by atoms with Crippen LogP contribution in [0.4, 0.5) is 11.6 Å². The first-order valence-electron chi connectivity index (χ1n) is 15.0. The van der Waals surface area contributed by atoms with Crippen LogP contribution in [0.5, 0.6) is 5.75 Å². The van der Waals surface area contributed by atoms with Crippen LogP contribution < -0.4 is 10.1 Å². The number of fused-ring (bicyclic) bond motifs is 2. The average molecular weight is 547 g/mol. The molecule has 1 aromatic carbocycles. The Morgan fingerprint density at radius 3 is 2.48 bits per heavy atom. The maximum atomic E-state index is 13.8. The first kappa shape index (κ1) is 28.4. The van der Waals surface area contributed by atoms with Crippen molar-refractivity contribution in [2.24, 2.45) is 5.92 Å². The quantitative estimate of drug-likeness (QED) is 0.348. The summed E-state index contributed by atoms with van der Waals surface area (Å²) >= 11 is 0. The molecule has 2 unspecified atom stereocenters. The Bertz CT molecular complexity index is 1260. The number of nitrogens with zero attached hydrogens (tertiary/aromatic N) is 5. The lowest BCUT2D eigenvalue weighted by Gasteiger charge is -2.44. The number of hydrogen-bond acceptors (Lipinski definition) is 6. The molecular weight excluding hydrogens is 500 g/mol. The molecule has 1 amide bonds. The number of benzene rings is 1. The molecule has 0 spiro atoms. The molecule has 4 heterocycles. The third kappa shape index (κ3) is 6.12. The van der Waals surface area contributed by atoms with Crippen molar-refractivity contribution in [3.8, 4) is 5.75 Å². The summed E-state index contributed by atoms with van der Waals surface area (Å²) in [4.78, 5) is 28.4. The lowest BCUT2D eigenvalue weighted by molar-refractivity contribution is 0.0385. The van der Waals surface area contributed by atoms with Crippen LogP contribution in [0, 0.1) is 5.92 Å². The van der Waals surface area contributed by atoms with Gasteiger partial charge in [-0.25, -0.2) is 9.97 Å². The highest BCUT2D eigenvalue weighted by Gasteiger charge is 2.36. The van der Waals surface area contributed by atoms with Crippen molar-refractivity contribution in [1.29, 1.82) is 0 Å². The second-order valence-corrected chi connectivity index (χ2v) is 11.5. The Kier molecular flexibility index (Phi) is 9.25. The fourth-order valence-corrected chi connectivity index (χ4v) is 6.89. The number of pyridine rings is 1. The minimum absolute atomic E-state index is 0. The monoisotopic (exact) mass is 546 g/mol. The van der Waals surface area contributed by atoms with Gasteiger partial charge in [-0.05, 0) is 107 Å². The zero-order valence-corrected chi connectivity index (χ0v) is 23.3. The third-order valence-corrected chi connectivity index (χ3v) is 8.97. The molecule has 8 heteroatoms. The van der Waals surface area contributed by atoms with Crippen LogP contribution in [0.1, 0.15) is 82.1 Å². The number of carbonyl (C=O) groups is 1. The second kappa shape index (κ2) is 13.0. The molecule has 6 rings (SSSR count). The molecule has 0 radical (unpaired) electrons. The molecule has 2 aromatic heterocycles. The minimum atomic E-state index is 0. The van der Waals surface area contributed by atoms with Crippen molar-refractivity contribution in [3.05, 3.63) is 42.1 Å². The Labute approximate surface area is 239 Å². The van der Waals surface area contributed by atoms with Crippen LogP contribution in [-0.2, 0) is 6.54 Å². The third-order valence-electron chi connectivity index (χ3n) is 8.97. The van der Waals surface area contributed by atoms with E-state index in [9.17, 15) is 4.79 Å². The molecule has 216 valence electrons. The molecule has 3 aromatic rings. The van der Waals surface area contributed by atoms with Gasteiger partial charge in [0.25, 0.3) is 5.91 Å². The van der Waals surface area contributed by atoms with Crippen molar-refractivity contribution < 1.29 is 9.53 Å². The summed E-state index contributed by atoms with van der Waals surface area (Å²) in [7, 11) is 1.67. The predicted molar refractivity (Wildman–Crippen MR) is 161 cm³/mol.